The van der Waals surface area contributed by atoms with Crippen molar-refractivity contribution in [3.63, 3.8) is 0 Å². The van der Waals surface area contributed by atoms with E-state index in [1.54, 1.807) is 11.3 Å². The Bertz CT molecular complexity index is 724. The Morgan fingerprint density at radius 3 is 2.54 bits per heavy atom. The van der Waals surface area contributed by atoms with Gasteiger partial charge in [-0.15, -0.1) is 0 Å². The van der Waals surface area contributed by atoms with E-state index in [2.05, 4.69) is 53.6 Å². The highest BCUT2D eigenvalue weighted by Crippen LogP contribution is 2.22. The minimum absolute atomic E-state index is 0.400. The molecule has 1 heterocycles. The Balaban J connectivity index is 2.00. The minimum atomic E-state index is -0.931. The van der Waals surface area contributed by atoms with Gasteiger partial charge in [-0.1, -0.05) is 38.1 Å². The van der Waals surface area contributed by atoms with Crippen molar-refractivity contribution >= 4 is 17.3 Å². The van der Waals surface area contributed by atoms with Crippen LogP contribution < -0.4 is 10.6 Å². The molecule has 3 N–H and O–H groups in total. The molecule has 6 heteroatoms. The number of guanidine groups is 1. The number of hydrogen-bond donors (Lipinski definition) is 3. The van der Waals surface area contributed by atoms with Gasteiger partial charge < -0.3 is 15.7 Å². The average molecular weight is 403 g/mol. The van der Waals surface area contributed by atoms with Crippen LogP contribution in [0.15, 0.2) is 46.1 Å². The van der Waals surface area contributed by atoms with E-state index < -0.39 is 5.60 Å². The van der Waals surface area contributed by atoms with Crippen LogP contribution in [0.3, 0.4) is 0 Å². The number of thiophene rings is 1. The molecule has 1 aromatic heterocycles. The first-order chi connectivity index (χ1) is 13.5. The van der Waals surface area contributed by atoms with Gasteiger partial charge in [0.05, 0.1) is 13.1 Å². The predicted octanol–water partition coefficient (Wildman–Crippen LogP) is 3.55. The zero-order chi connectivity index (χ0) is 20.4. The molecule has 0 amide bonds. The quantitative estimate of drug-likeness (QED) is 0.420. The highest BCUT2D eigenvalue weighted by Gasteiger charge is 2.23. The molecule has 0 bridgehead atoms. The predicted molar refractivity (Wildman–Crippen MR) is 120 cm³/mol. The summed E-state index contributed by atoms with van der Waals surface area (Å²) in [5, 5.41) is 21.2. The fraction of sp³-hybridized carbons (Fsp3) is 0.500. The van der Waals surface area contributed by atoms with Crippen molar-refractivity contribution in [2.24, 2.45) is 4.99 Å². The molecule has 0 spiro atoms. The summed E-state index contributed by atoms with van der Waals surface area (Å²) in [5.74, 6) is 0.715. The normalized spacial score (nSPS) is 14.1. The van der Waals surface area contributed by atoms with E-state index in [0.717, 1.165) is 31.7 Å². The molecule has 154 valence electrons. The number of benzene rings is 1. The fourth-order valence-corrected chi connectivity index (χ4v) is 3.76. The van der Waals surface area contributed by atoms with Gasteiger partial charge in [0.15, 0.2) is 5.96 Å². The molecular weight excluding hydrogens is 368 g/mol. The number of aliphatic imine (C=N–C) groups is 1. The van der Waals surface area contributed by atoms with Gasteiger partial charge in [0.25, 0.3) is 0 Å². The summed E-state index contributed by atoms with van der Waals surface area (Å²) in [5.41, 5.74) is 2.49. The molecular formula is C22H34N4OS. The second-order valence-corrected chi connectivity index (χ2v) is 7.90. The third-order valence-electron chi connectivity index (χ3n) is 4.80. The largest absolute Gasteiger partial charge is 0.384 e. The molecule has 0 fully saturated rings. The molecule has 1 aromatic carbocycles. The molecule has 1 atom stereocenters. The van der Waals surface area contributed by atoms with E-state index in [9.17, 15) is 5.11 Å². The van der Waals surface area contributed by atoms with Gasteiger partial charge in [0, 0.05) is 13.1 Å². The summed E-state index contributed by atoms with van der Waals surface area (Å²) in [6.45, 7) is 13.1. The second kappa shape index (κ2) is 11.2. The Morgan fingerprint density at radius 2 is 1.89 bits per heavy atom. The summed E-state index contributed by atoms with van der Waals surface area (Å²) < 4.78 is 0. The van der Waals surface area contributed by atoms with Crippen LogP contribution in [0, 0.1) is 0 Å². The van der Waals surface area contributed by atoms with Crippen LogP contribution in [0.2, 0.25) is 0 Å². The molecule has 5 nitrogen and oxygen atoms in total. The van der Waals surface area contributed by atoms with Gasteiger partial charge in [-0.25, -0.2) is 4.99 Å². The van der Waals surface area contributed by atoms with E-state index in [-0.39, 0.29) is 0 Å². The number of nitrogens with zero attached hydrogens (tertiary/aromatic N) is 2. The number of aliphatic hydroxyl groups is 1. The molecule has 0 aliphatic rings. The Kier molecular flexibility index (Phi) is 8.96. The average Bonchev–Trinajstić information content (AvgIpc) is 3.24. The van der Waals surface area contributed by atoms with Gasteiger partial charge in [-0.3, -0.25) is 4.90 Å². The van der Waals surface area contributed by atoms with Crippen LogP contribution in [0.1, 0.15) is 44.4 Å². The second-order valence-electron chi connectivity index (χ2n) is 7.12. The number of nitrogens with one attached hydrogen (secondary N) is 2. The fourth-order valence-electron chi connectivity index (χ4n) is 2.97. The zero-order valence-electron chi connectivity index (χ0n) is 17.5. The van der Waals surface area contributed by atoms with Gasteiger partial charge >= 0.3 is 0 Å². The van der Waals surface area contributed by atoms with Crippen molar-refractivity contribution < 1.29 is 5.11 Å². The first-order valence-corrected chi connectivity index (χ1v) is 11.0. The Hall–Kier alpha value is -1.89. The molecule has 2 aromatic rings. The summed E-state index contributed by atoms with van der Waals surface area (Å²) >= 11 is 1.59. The standard InChI is InChI=1S/C22H34N4OS/c1-5-23-21(25-17-22(4,27)20-11-12-28-16-20)24-14-18-9-8-10-19(13-18)15-26(6-2)7-3/h8-13,16,27H,5-7,14-15,17H2,1-4H3,(H2,23,24,25). The summed E-state index contributed by atoms with van der Waals surface area (Å²) in [6.07, 6.45) is 0. The zero-order valence-corrected chi connectivity index (χ0v) is 18.4. The van der Waals surface area contributed by atoms with Gasteiger partial charge in [0.2, 0.25) is 0 Å². The lowest BCUT2D eigenvalue weighted by Crippen LogP contribution is -2.44. The third kappa shape index (κ3) is 6.93. The lowest BCUT2D eigenvalue weighted by atomic mass is 9.99. The maximum absolute atomic E-state index is 10.7. The maximum atomic E-state index is 10.7. The molecule has 0 aliphatic carbocycles. The first kappa shape index (κ1) is 22.4. The minimum Gasteiger partial charge on any atom is -0.384 e. The first-order valence-electron chi connectivity index (χ1n) is 10.1. The van der Waals surface area contributed by atoms with Crippen LogP contribution in [0.5, 0.6) is 0 Å². The molecule has 0 radical (unpaired) electrons. The third-order valence-corrected chi connectivity index (χ3v) is 5.48. The molecule has 2 rings (SSSR count). The molecule has 0 aliphatic heterocycles. The van der Waals surface area contributed by atoms with Crippen LogP contribution in [-0.2, 0) is 18.7 Å². The SMILES string of the molecule is CCNC(=NCc1cccc(CN(CC)CC)c1)NCC(C)(O)c1ccsc1. The van der Waals surface area contributed by atoms with E-state index in [1.807, 2.05) is 30.7 Å². The smallest absolute Gasteiger partial charge is 0.191 e. The van der Waals surface area contributed by atoms with E-state index in [4.69, 9.17) is 4.99 Å². The summed E-state index contributed by atoms with van der Waals surface area (Å²) in [4.78, 5) is 7.10. The molecule has 0 saturated carbocycles. The monoisotopic (exact) mass is 402 g/mol. The van der Waals surface area contributed by atoms with Gasteiger partial charge in [-0.05, 0) is 60.5 Å². The van der Waals surface area contributed by atoms with Crippen molar-refractivity contribution in [1.29, 1.82) is 0 Å². The molecule has 0 saturated heterocycles. The van der Waals surface area contributed by atoms with Crippen molar-refractivity contribution in [1.82, 2.24) is 15.5 Å². The maximum Gasteiger partial charge on any atom is 0.191 e. The van der Waals surface area contributed by atoms with Crippen LogP contribution in [0.25, 0.3) is 0 Å². The van der Waals surface area contributed by atoms with Crippen molar-refractivity contribution in [3.8, 4) is 0 Å². The van der Waals surface area contributed by atoms with Crippen molar-refractivity contribution in [2.45, 2.75) is 46.4 Å². The van der Waals surface area contributed by atoms with Crippen LogP contribution in [-0.4, -0.2) is 42.1 Å². The number of rotatable bonds is 10. The summed E-state index contributed by atoms with van der Waals surface area (Å²) in [7, 11) is 0. The lowest BCUT2D eigenvalue weighted by Gasteiger charge is -2.24. The van der Waals surface area contributed by atoms with Crippen molar-refractivity contribution in [3.05, 3.63) is 57.8 Å². The highest BCUT2D eigenvalue weighted by molar-refractivity contribution is 7.08. The lowest BCUT2D eigenvalue weighted by molar-refractivity contribution is 0.0621. The van der Waals surface area contributed by atoms with Crippen LogP contribution in [0.4, 0.5) is 0 Å². The summed E-state index contributed by atoms with van der Waals surface area (Å²) in [6, 6.07) is 10.6. The van der Waals surface area contributed by atoms with E-state index >= 15 is 0 Å². The Labute approximate surface area is 173 Å². The highest BCUT2D eigenvalue weighted by atomic mass is 32.1. The number of hydrogen-bond acceptors (Lipinski definition) is 4. The Morgan fingerprint density at radius 1 is 1.14 bits per heavy atom. The van der Waals surface area contributed by atoms with E-state index in [0.29, 0.717) is 19.0 Å². The topological polar surface area (TPSA) is 59.9 Å². The van der Waals surface area contributed by atoms with Crippen molar-refractivity contribution in [2.75, 3.05) is 26.2 Å². The van der Waals surface area contributed by atoms with Gasteiger partial charge in [0.1, 0.15) is 5.60 Å². The molecule has 1 unspecified atom stereocenters. The van der Waals surface area contributed by atoms with Gasteiger partial charge in [-0.2, -0.15) is 11.3 Å². The van der Waals surface area contributed by atoms with Crippen LogP contribution >= 0.6 is 11.3 Å². The van der Waals surface area contributed by atoms with E-state index in [1.165, 1.54) is 11.1 Å². The molecule has 28 heavy (non-hydrogen) atoms.